The lowest BCUT2D eigenvalue weighted by molar-refractivity contribution is 0.255. The first-order valence-corrected chi connectivity index (χ1v) is 3.57. The van der Waals surface area contributed by atoms with Gasteiger partial charge < -0.3 is 9.47 Å². The van der Waals surface area contributed by atoms with Crippen LogP contribution in [0.25, 0.3) is 0 Å². The van der Waals surface area contributed by atoms with Crippen LogP contribution in [-0.4, -0.2) is 14.2 Å². The number of ether oxygens (including phenoxy) is 2. The van der Waals surface area contributed by atoms with Crippen molar-refractivity contribution in [1.82, 2.24) is 0 Å². The predicted molar refractivity (Wildman–Crippen MR) is 46.0 cm³/mol. The van der Waals surface area contributed by atoms with Gasteiger partial charge in [-0.2, -0.15) is 0 Å². The van der Waals surface area contributed by atoms with Crippen LogP contribution in [0.5, 0.6) is 0 Å². The van der Waals surface area contributed by atoms with Gasteiger partial charge in [-0.05, 0) is 0 Å². The molecule has 1 rings (SSSR count). The third kappa shape index (κ3) is 0.914. The summed E-state index contributed by atoms with van der Waals surface area (Å²) in [7, 11) is 3.16. The Hall–Kier alpha value is -0.220. The Morgan fingerprint density at radius 1 is 0.900 bits per heavy atom. The summed E-state index contributed by atoms with van der Waals surface area (Å²) in [4.78, 5) is 1.46. The number of methoxy groups -OCH3 is 2. The summed E-state index contributed by atoms with van der Waals surface area (Å²) < 4.78 is 9.86. The minimum atomic E-state index is 0.698. The molecule has 0 aromatic carbocycles. The molecule has 0 amide bonds. The lowest BCUT2D eigenvalue weighted by Gasteiger charge is -2.22. The molecule has 0 aliphatic heterocycles. The number of thiol groups is 2. The Kier molecular flexibility index (Phi) is 2.21. The van der Waals surface area contributed by atoms with Gasteiger partial charge in [0.15, 0.2) is 11.5 Å². The Bertz CT molecular complexity index is 183. The van der Waals surface area contributed by atoms with Crippen LogP contribution in [0.4, 0.5) is 0 Å². The maximum absolute atomic E-state index is 4.93. The number of rotatable bonds is 2. The molecule has 56 valence electrons. The maximum Gasteiger partial charge on any atom is 0.153 e. The van der Waals surface area contributed by atoms with Gasteiger partial charge in [0.25, 0.3) is 0 Å². The Morgan fingerprint density at radius 2 is 1.20 bits per heavy atom. The van der Waals surface area contributed by atoms with Crippen molar-refractivity contribution in [2.75, 3.05) is 14.2 Å². The van der Waals surface area contributed by atoms with Crippen molar-refractivity contribution in [3.05, 3.63) is 21.3 Å². The Morgan fingerprint density at radius 3 is 1.40 bits per heavy atom. The predicted octanol–water partition coefficient (Wildman–Crippen LogP) is 1.58. The topological polar surface area (TPSA) is 18.5 Å². The largest absolute Gasteiger partial charge is 0.494 e. The molecule has 0 bridgehead atoms. The van der Waals surface area contributed by atoms with Crippen molar-refractivity contribution in [1.29, 1.82) is 0 Å². The molecule has 0 atom stereocenters. The average molecular weight is 176 g/mol. The van der Waals surface area contributed by atoms with E-state index in [4.69, 9.17) is 9.47 Å². The van der Waals surface area contributed by atoms with E-state index in [1.165, 1.54) is 0 Å². The van der Waals surface area contributed by atoms with E-state index in [1.54, 1.807) is 14.2 Å². The highest BCUT2D eigenvalue weighted by molar-refractivity contribution is 7.87. The van der Waals surface area contributed by atoms with Crippen molar-refractivity contribution >= 4 is 25.3 Å². The van der Waals surface area contributed by atoms with Gasteiger partial charge in [-0.15, -0.1) is 25.3 Å². The van der Waals surface area contributed by atoms with Crippen molar-refractivity contribution in [2.24, 2.45) is 0 Å². The zero-order valence-corrected chi connectivity index (χ0v) is 7.50. The molecule has 1 aliphatic carbocycles. The quantitative estimate of drug-likeness (QED) is 0.622. The molecule has 0 heterocycles. The zero-order chi connectivity index (χ0) is 7.72. The summed E-state index contributed by atoms with van der Waals surface area (Å²) in [6, 6.07) is 0. The molecule has 0 aromatic heterocycles. The van der Waals surface area contributed by atoms with E-state index >= 15 is 0 Å². The van der Waals surface area contributed by atoms with Crippen LogP contribution in [-0.2, 0) is 9.47 Å². The van der Waals surface area contributed by atoms with Gasteiger partial charge in [0, 0.05) is 0 Å². The molecule has 0 aromatic rings. The third-order valence-corrected chi connectivity index (χ3v) is 2.08. The summed E-state index contributed by atoms with van der Waals surface area (Å²) in [6.07, 6.45) is 0. The van der Waals surface area contributed by atoms with E-state index in [0.29, 0.717) is 11.5 Å². The molecule has 10 heavy (non-hydrogen) atoms. The SMILES string of the molecule is COC1=C(S)C(OC)=C1S. The molecule has 0 spiro atoms. The Balaban J connectivity index is 2.76. The second-order valence-electron chi connectivity index (χ2n) is 1.76. The monoisotopic (exact) mass is 176 g/mol. The molecule has 1 aliphatic rings. The molecule has 2 nitrogen and oxygen atoms in total. The number of hydrogen-bond donors (Lipinski definition) is 2. The van der Waals surface area contributed by atoms with E-state index in [2.05, 4.69) is 25.3 Å². The summed E-state index contributed by atoms with van der Waals surface area (Å²) in [5.74, 6) is 1.40. The zero-order valence-electron chi connectivity index (χ0n) is 5.71. The van der Waals surface area contributed by atoms with E-state index in [9.17, 15) is 0 Å². The van der Waals surface area contributed by atoms with Crippen LogP contribution in [0.2, 0.25) is 0 Å². The van der Waals surface area contributed by atoms with Crippen LogP contribution in [0.1, 0.15) is 0 Å². The van der Waals surface area contributed by atoms with E-state index in [1.807, 2.05) is 0 Å². The molecule has 4 heteroatoms. The molecule has 0 fully saturated rings. The molecule has 0 saturated heterocycles. The van der Waals surface area contributed by atoms with Gasteiger partial charge >= 0.3 is 0 Å². The minimum Gasteiger partial charge on any atom is -0.494 e. The highest BCUT2D eigenvalue weighted by Gasteiger charge is 2.26. The standard InChI is InChI=1S/C6H8O2S2/c1-7-3-5(9)4(8-2)6(3)10/h9-10H,1-2H3. The Labute approximate surface area is 70.7 Å². The van der Waals surface area contributed by atoms with Crippen LogP contribution >= 0.6 is 25.3 Å². The molecule has 0 radical (unpaired) electrons. The molecular weight excluding hydrogens is 168 g/mol. The highest BCUT2D eigenvalue weighted by atomic mass is 32.1. The number of hydrogen-bond acceptors (Lipinski definition) is 4. The summed E-state index contributed by atoms with van der Waals surface area (Å²) in [5, 5.41) is 0. The first-order chi connectivity index (χ1) is 4.72. The molecule has 0 unspecified atom stereocenters. The smallest absolute Gasteiger partial charge is 0.153 e. The maximum atomic E-state index is 4.93. The van der Waals surface area contributed by atoms with E-state index in [-0.39, 0.29) is 0 Å². The van der Waals surface area contributed by atoms with Crippen LogP contribution < -0.4 is 0 Å². The molecular formula is C6H8O2S2. The summed E-state index contributed by atoms with van der Waals surface area (Å²) in [6.45, 7) is 0. The average Bonchev–Trinajstić information content (AvgIpc) is 1.90. The molecule has 0 saturated carbocycles. The van der Waals surface area contributed by atoms with Gasteiger partial charge in [-0.25, -0.2) is 0 Å². The van der Waals surface area contributed by atoms with Crippen LogP contribution in [0, 0.1) is 0 Å². The first kappa shape index (κ1) is 7.88. The van der Waals surface area contributed by atoms with Gasteiger partial charge in [-0.3, -0.25) is 0 Å². The van der Waals surface area contributed by atoms with Crippen LogP contribution in [0.15, 0.2) is 21.3 Å². The first-order valence-electron chi connectivity index (χ1n) is 2.67. The van der Waals surface area contributed by atoms with Crippen LogP contribution in [0.3, 0.4) is 0 Å². The lowest BCUT2D eigenvalue weighted by Crippen LogP contribution is -2.08. The van der Waals surface area contributed by atoms with Crippen molar-refractivity contribution in [3.8, 4) is 0 Å². The van der Waals surface area contributed by atoms with Gasteiger partial charge in [0.05, 0.1) is 24.0 Å². The van der Waals surface area contributed by atoms with Crippen molar-refractivity contribution in [3.63, 3.8) is 0 Å². The van der Waals surface area contributed by atoms with Gasteiger partial charge in [0.2, 0.25) is 0 Å². The lowest BCUT2D eigenvalue weighted by atomic mass is 10.2. The second kappa shape index (κ2) is 2.80. The second-order valence-corrected chi connectivity index (χ2v) is 2.66. The fraction of sp³-hybridized carbons (Fsp3) is 0.333. The fourth-order valence-corrected chi connectivity index (χ4v) is 1.74. The minimum absolute atomic E-state index is 0.698. The normalized spacial score (nSPS) is 17.2. The summed E-state index contributed by atoms with van der Waals surface area (Å²) in [5.41, 5.74) is 0. The summed E-state index contributed by atoms with van der Waals surface area (Å²) >= 11 is 8.23. The van der Waals surface area contributed by atoms with Gasteiger partial charge in [0.1, 0.15) is 0 Å². The fourth-order valence-electron chi connectivity index (χ4n) is 0.755. The van der Waals surface area contributed by atoms with E-state index in [0.717, 1.165) is 9.81 Å². The molecule has 0 N–H and O–H groups in total. The van der Waals surface area contributed by atoms with E-state index < -0.39 is 0 Å². The van der Waals surface area contributed by atoms with Crippen molar-refractivity contribution in [2.45, 2.75) is 0 Å². The third-order valence-electron chi connectivity index (χ3n) is 1.27. The van der Waals surface area contributed by atoms with Gasteiger partial charge in [-0.1, -0.05) is 0 Å². The highest BCUT2D eigenvalue weighted by Crippen LogP contribution is 2.40. The van der Waals surface area contributed by atoms with Crippen molar-refractivity contribution < 1.29 is 9.47 Å².